The summed E-state index contributed by atoms with van der Waals surface area (Å²) in [6, 6.07) is 9.44. The summed E-state index contributed by atoms with van der Waals surface area (Å²) >= 11 is 0. The van der Waals surface area contributed by atoms with Gasteiger partial charge in [-0.2, -0.15) is 4.31 Å². The molecule has 0 aliphatic carbocycles. The third-order valence-corrected chi connectivity index (χ3v) is 5.98. The standard InChI is InChI=1S/C18H24N4O3S/c1-5-22(6-2)26(24,25)15-11-9-14(10-12-15)18(23)20-16-8-7-13-19-17(16)21(3)4/h7-13H,5-6H2,1-4H3,(H,20,23). The van der Waals surface area contributed by atoms with Gasteiger partial charge in [0.2, 0.25) is 10.0 Å². The van der Waals surface area contributed by atoms with Gasteiger partial charge < -0.3 is 10.2 Å². The molecule has 1 heterocycles. The molecule has 7 nitrogen and oxygen atoms in total. The Morgan fingerprint density at radius 2 is 1.69 bits per heavy atom. The summed E-state index contributed by atoms with van der Waals surface area (Å²) in [7, 11) is 0.141. The minimum absolute atomic E-state index is 0.174. The minimum atomic E-state index is -3.54. The molecule has 26 heavy (non-hydrogen) atoms. The summed E-state index contributed by atoms with van der Waals surface area (Å²) in [5.74, 6) is 0.314. The lowest BCUT2D eigenvalue weighted by molar-refractivity contribution is 0.102. The number of rotatable bonds is 7. The molecule has 0 spiro atoms. The van der Waals surface area contributed by atoms with E-state index in [9.17, 15) is 13.2 Å². The number of pyridine rings is 1. The summed E-state index contributed by atoms with van der Waals surface area (Å²) in [5.41, 5.74) is 0.958. The van der Waals surface area contributed by atoms with Crippen molar-refractivity contribution in [2.24, 2.45) is 0 Å². The van der Waals surface area contributed by atoms with E-state index in [2.05, 4.69) is 10.3 Å². The second-order valence-corrected chi connectivity index (χ2v) is 7.77. The van der Waals surface area contributed by atoms with E-state index in [0.29, 0.717) is 30.2 Å². The highest BCUT2D eigenvalue weighted by Crippen LogP contribution is 2.22. The number of carbonyl (C=O) groups is 1. The van der Waals surface area contributed by atoms with Crippen molar-refractivity contribution < 1.29 is 13.2 Å². The molecule has 2 aromatic rings. The van der Waals surface area contributed by atoms with Crippen molar-refractivity contribution in [1.82, 2.24) is 9.29 Å². The fourth-order valence-electron chi connectivity index (χ4n) is 2.54. The second-order valence-electron chi connectivity index (χ2n) is 5.84. The Hall–Kier alpha value is -2.45. The minimum Gasteiger partial charge on any atom is -0.361 e. The van der Waals surface area contributed by atoms with Crippen LogP contribution in [-0.2, 0) is 10.0 Å². The second kappa shape index (κ2) is 8.29. The van der Waals surface area contributed by atoms with Crippen LogP contribution in [0.5, 0.6) is 0 Å². The number of sulfonamides is 1. The lowest BCUT2D eigenvalue weighted by Crippen LogP contribution is -2.30. The predicted octanol–water partition coefficient (Wildman–Crippen LogP) is 2.43. The molecule has 1 N–H and O–H groups in total. The van der Waals surface area contributed by atoms with Gasteiger partial charge in [0.25, 0.3) is 5.91 Å². The summed E-state index contributed by atoms with van der Waals surface area (Å²) in [6.45, 7) is 4.38. The van der Waals surface area contributed by atoms with Crippen LogP contribution < -0.4 is 10.2 Å². The Morgan fingerprint density at radius 1 is 1.08 bits per heavy atom. The summed E-state index contributed by atoms with van der Waals surface area (Å²) < 4.78 is 26.4. The molecule has 0 bridgehead atoms. The summed E-state index contributed by atoms with van der Waals surface area (Å²) in [4.78, 5) is 18.7. The van der Waals surface area contributed by atoms with E-state index >= 15 is 0 Å². The fourth-order valence-corrected chi connectivity index (χ4v) is 3.99. The van der Waals surface area contributed by atoms with E-state index < -0.39 is 10.0 Å². The molecule has 140 valence electrons. The molecule has 8 heteroatoms. The lowest BCUT2D eigenvalue weighted by atomic mass is 10.2. The molecule has 0 radical (unpaired) electrons. The van der Waals surface area contributed by atoms with Gasteiger partial charge in [0, 0.05) is 38.9 Å². The van der Waals surface area contributed by atoms with Gasteiger partial charge in [-0.3, -0.25) is 4.79 Å². The van der Waals surface area contributed by atoms with Crippen molar-refractivity contribution in [2.75, 3.05) is 37.4 Å². The van der Waals surface area contributed by atoms with Gasteiger partial charge in [0.15, 0.2) is 5.82 Å². The van der Waals surface area contributed by atoms with Crippen LogP contribution in [0, 0.1) is 0 Å². The Bertz CT molecular complexity index is 860. The molecule has 1 aromatic heterocycles. The van der Waals surface area contributed by atoms with E-state index in [-0.39, 0.29) is 10.8 Å². The van der Waals surface area contributed by atoms with Crippen LogP contribution in [0.3, 0.4) is 0 Å². The van der Waals surface area contributed by atoms with Crippen LogP contribution in [0.15, 0.2) is 47.5 Å². The van der Waals surface area contributed by atoms with Crippen LogP contribution in [0.25, 0.3) is 0 Å². The van der Waals surface area contributed by atoms with Crippen molar-refractivity contribution in [2.45, 2.75) is 18.7 Å². The normalized spacial score (nSPS) is 11.4. The molecule has 0 aliphatic rings. The zero-order valence-electron chi connectivity index (χ0n) is 15.4. The number of hydrogen-bond donors (Lipinski definition) is 1. The number of benzene rings is 1. The molecule has 0 atom stereocenters. The maximum Gasteiger partial charge on any atom is 0.255 e. The van der Waals surface area contributed by atoms with Crippen molar-refractivity contribution in [3.8, 4) is 0 Å². The molecule has 0 fully saturated rings. The molecule has 0 saturated carbocycles. The third-order valence-electron chi connectivity index (χ3n) is 3.92. The van der Waals surface area contributed by atoms with E-state index in [0.717, 1.165) is 0 Å². The zero-order chi connectivity index (χ0) is 19.3. The van der Waals surface area contributed by atoms with E-state index in [1.807, 2.05) is 14.1 Å². The maximum absolute atomic E-state index is 12.5. The van der Waals surface area contributed by atoms with Crippen molar-refractivity contribution in [3.05, 3.63) is 48.2 Å². The molecule has 1 amide bonds. The van der Waals surface area contributed by atoms with Crippen LogP contribution >= 0.6 is 0 Å². The van der Waals surface area contributed by atoms with Crippen molar-refractivity contribution >= 4 is 27.4 Å². The van der Waals surface area contributed by atoms with Gasteiger partial charge >= 0.3 is 0 Å². The largest absolute Gasteiger partial charge is 0.361 e. The average molecular weight is 376 g/mol. The lowest BCUT2D eigenvalue weighted by Gasteiger charge is -2.18. The molecule has 1 aromatic carbocycles. The number of nitrogens with zero attached hydrogens (tertiary/aromatic N) is 3. The number of aromatic nitrogens is 1. The van der Waals surface area contributed by atoms with Gasteiger partial charge in [-0.15, -0.1) is 0 Å². The fraction of sp³-hybridized carbons (Fsp3) is 0.333. The van der Waals surface area contributed by atoms with E-state index in [4.69, 9.17) is 0 Å². The Balaban J connectivity index is 2.23. The topological polar surface area (TPSA) is 82.6 Å². The highest BCUT2D eigenvalue weighted by Gasteiger charge is 2.21. The number of anilines is 2. The first kappa shape index (κ1) is 19.9. The van der Waals surface area contributed by atoms with Gasteiger partial charge in [0.05, 0.1) is 10.6 Å². The van der Waals surface area contributed by atoms with Crippen LogP contribution in [0.2, 0.25) is 0 Å². The third kappa shape index (κ3) is 4.20. The molecule has 0 unspecified atom stereocenters. The molecule has 0 saturated heterocycles. The van der Waals surface area contributed by atoms with Crippen molar-refractivity contribution in [3.63, 3.8) is 0 Å². The van der Waals surface area contributed by atoms with Crippen LogP contribution in [0.4, 0.5) is 11.5 Å². The molecule has 0 aliphatic heterocycles. The average Bonchev–Trinajstić information content (AvgIpc) is 2.63. The summed E-state index contributed by atoms with van der Waals surface area (Å²) in [5, 5.41) is 2.81. The number of carbonyl (C=O) groups excluding carboxylic acids is 1. The van der Waals surface area contributed by atoms with E-state index in [1.54, 1.807) is 37.1 Å². The quantitative estimate of drug-likeness (QED) is 0.802. The predicted molar refractivity (Wildman–Crippen MR) is 103 cm³/mol. The number of hydrogen-bond acceptors (Lipinski definition) is 5. The van der Waals surface area contributed by atoms with Gasteiger partial charge in [-0.1, -0.05) is 13.8 Å². The first-order valence-electron chi connectivity index (χ1n) is 8.35. The van der Waals surface area contributed by atoms with Crippen LogP contribution in [-0.4, -0.2) is 50.8 Å². The Morgan fingerprint density at radius 3 is 2.23 bits per heavy atom. The highest BCUT2D eigenvalue weighted by molar-refractivity contribution is 7.89. The van der Waals surface area contributed by atoms with Crippen LogP contribution in [0.1, 0.15) is 24.2 Å². The van der Waals surface area contributed by atoms with Gasteiger partial charge in [0.1, 0.15) is 0 Å². The Labute approximate surface area is 154 Å². The molecular weight excluding hydrogens is 352 g/mol. The number of nitrogens with one attached hydrogen (secondary N) is 1. The maximum atomic E-state index is 12.5. The van der Waals surface area contributed by atoms with Crippen molar-refractivity contribution in [1.29, 1.82) is 0 Å². The number of amides is 1. The SMILES string of the molecule is CCN(CC)S(=O)(=O)c1ccc(C(=O)Nc2cccnc2N(C)C)cc1. The van der Waals surface area contributed by atoms with Gasteiger partial charge in [-0.25, -0.2) is 13.4 Å². The first-order valence-corrected chi connectivity index (χ1v) is 9.79. The summed E-state index contributed by atoms with van der Waals surface area (Å²) in [6.07, 6.45) is 1.65. The first-order chi connectivity index (χ1) is 12.3. The van der Waals surface area contributed by atoms with E-state index in [1.165, 1.54) is 28.6 Å². The Kier molecular flexibility index (Phi) is 6.33. The smallest absolute Gasteiger partial charge is 0.255 e. The highest BCUT2D eigenvalue weighted by atomic mass is 32.2. The zero-order valence-corrected chi connectivity index (χ0v) is 16.2. The molecule has 2 rings (SSSR count). The van der Waals surface area contributed by atoms with Gasteiger partial charge in [-0.05, 0) is 36.4 Å². The monoisotopic (exact) mass is 376 g/mol. The molecular formula is C18H24N4O3S.